The zero-order valence-electron chi connectivity index (χ0n) is 7.71. The van der Waals surface area contributed by atoms with Crippen LogP contribution in [0.2, 0.25) is 0 Å². The minimum absolute atomic E-state index is 0.596. The van der Waals surface area contributed by atoms with Gasteiger partial charge in [-0.1, -0.05) is 0 Å². The molecule has 0 amide bonds. The molecular weight excluding hydrogens is 166 g/mol. The van der Waals surface area contributed by atoms with Crippen molar-refractivity contribution in [3.63, 3.8) is 0 Å². The fourth-order valence-corrected chi connectivity index (χ4v) is 1.52. The highest BCUT2D eigenvalue weighted by molar-refractivity contribution is 5.26. The highest BCUT2D eigenvalue weighted by Gasteiger charge is 2.16. The van der Waals surface area contributed by atoms with E-state index in [-0.39, 0.29) is 0 Å². The molecule has 2 rings (SSSR count). The molecule has 0 aromatic carbocycles. The summed E-state index contributed by atoms with van der Waals surface area (Å²) in [5, 5.41) is 0. The lowest BCUT2D eigenvalue weighted by Gasteiger charge is -2.03. The Hall–Kier alpha value is -1.00. The molecule has 0 saturated heterocycles. The van der Waals surface area contributed by atoms with Crippen LogP contribution in [0.1, 0.15) is 22.8 Å². The van der Waals surface area contributed by atoms with Crippen molar-refractivity contribution in [1.29, 1.82) is 0 Å². The van der Waals surface area contributed by atoms with Gasteiger partial charge in [0.25, 0.3) is 0 Å². The quantitative estimate of drug-likeness (QED) is 0.710. The molecule has 2 N–H and O–H groups in total. The maximum absolute atomic E-state index is 5.44. The van der Waals surface area contributed by atoms with Crippen LogP contribution in [-0.2, 0) is 24.4 Å². The van der Waals surface area contributed by atoms with Crippen LogP contribution < -0.4 is 5.73 Å². The van der Waals surface area contributed by atoms with Crippen molar-refractivity contribution in [2.75, 3.05) is 6.54 Å². The van der Waals surface area contributed by atoms with Gasteiger partial charge in [-0.05, 0) is 13.5 Å². The largest absolute Gasteiger partial charge is 0.370 e. The Kier molecular flexibility index (Phi) is 2.24. The van der Waals surface area contributed by atoms with E-state index in [0.29, 0.717) is 19.8 Å². The van der Waals surface area contributed by atoms with Gasteiger partial charge in [0, 0.05) is 17.7 Å². The molecule has 4 nitrogen and oxygen atoms in total. The maximum atomic E-state index is 5.44. The highest BCUT2D eigenvalue weighted by atomic mass is 16.5. The van der Waals surface area contributed by atoms with Gasteiger partial charge in [0.1, 0.15) is 5.82 Å². The molecule has 2 heterocycles. The topological polar surface area (TPSA) is 61.0 Å². The average Bonchev–Trinajstić information content (AvgIpc) is 2.53. The molecule has 0 fully saturated rings. The standard InChI is InChI=1S/C9H13N3O/c1-6-7-4-13-5-8(7)12-9(11-6)2-3-10/h2-5,10H2,1H3. The van der Waals surface area contributed by atoms with E-state index in [4.69, 9.17) is 10.5 Å². The number of fused-ring (bicyclic) bond motifs is 1. The molecule has 1 aromatic rings. The molecule has 70 valence electrons. The first-order chi connectivity index (χ1) is 6.31. The first-order valence-electron chi connectivity index (χ1n) is 4.44. The van der Waals surface area contributed by atoms with Crippen molar-refractivity contribution in [3.05, 3.63) is 22.8 Å². The van der Waals surface area contributed by atoms with E-state index in [0.717, 1.165) is 29.2 Å². The third-order valence-corrected chi connectivity index (χ3v) is 2.20. The summed E-state index contributed by atoms with van der Waals surface area (Å²) < 4.78 is 5.30. The lowest BCUT2D eigenvalue weighted by Crippen LogP contribution is -2.09. The van der Waals surface area contributed by atoms with Crippen molar-refractivity contribution in [2.24, 2.45) is 5.73 Å². The van der Waals surface area contributed by atoms with Gasteiger partial charge in [-0.15, -0.1) is 0 Å². The van der Waals surface area contributed by atoms with E-state index in [2.05, 4.69) is 9.97 Å². The second-order valence-electron chi connectivity index (χ2n) is 3.18. The molecule has 0 spiro atoms. The van der Waals surface area contributed by atoms with Gasteiger partial charge >= 0.3 is 0 Å². The van der Waals surface area contributed by atoms with Crippen molar-refractivity contribution in [3.8, 4) is 0 Å². The van der Waals surface area contributed by atoms with Crippen molar-refractivity contribution >= 4 is 0 Å². The number of rotatable bonds is 2. The summed E-state index contributed by atoms with van der Waals surface area (Å²) in [6.07, 6.45) is 0.744. The van der Waals surface area contributed by atoms with Gasteiger partial charge in [-0.3, -0.25) is 0 Å². The predicted molar refractivity (Wildman–Crippen MR) is 48.0 cm³/mol. The third-order valence-electron chi connectivity index (χ3n) is 2.20. The smallest absolute Gasteiger partial charge is 0.130 e. The van der Waals surface area contributed by atoms with E-state index >= 15 is 0 Å². The van der Waals surface area contributed by atoms with Crippen molar-refractivity contribution in [2.45, 2.75) is 26.6 Å². The summed E-state index contributed by atoms with van der Waals surface area (Å²) in [5.74, 6) is 0.837. The Morgan fingerprint density at radius 2 is 2.23 bits per heavy atom. The van der Waals surface area contributed by atoms with E-state index in [1.807, 2.05) is 6.92 Å². The van der Waals surface area contributed by atoms with Crippen LogP contribution in [-0.4, -0.2) is 16.5 Å². The summed E-state index contributed by atoms with van der Waals surface area (Å²) in [5.41, 5.74) is 8.67. The number of ether oxygens (including phenoxy) is 1. The van der Waals surface area contributed by atoms with Crippen molar-refractivity contribution < 1.29 is 4.74 Å². The van der Waals surface area contributed by atoms with E-state index in [1.165, 1.54) is 0 Å². The summed E-state index contributed by atoms with van der Waals surface area (Å²) in [6, 6.07) is 0. The van der Waals surface area contributed by atoms with Crippen molar-refractivity contribution in [1.82, 2.24) is 9.97 Å². The molecule has 13 heavy (non-hydrogen) atoms. The van der Waals surface area contributed by atoms with Crippen LogP contribution in [0, 0.1) is 6.92 Å². The molecule has 0 atom stereocenters. The molecule has 1 aliphatic heterocycles. The summed E-state index contributed by atoms with van der Waals surface area (Å²) >= 11 is 0. The molecule has 0 saturated carbocycles. The normalized spacial score (nSPS) is 14.6. The Morgan fingerprint density at radius 3 is 3.00 bits per heavy atom. The van der Waals surface area contributed by atoms with Gasteiger partial charge in [0.05, 0.1) is 18.9 Å². The Bertz CT molecular complexity index is 325. The fraction of sp³-hybridized carbons (Fsp3) is 0.556. The fourth-order valence-electron chi connectivity index (χ4n) is 1.52. The summed E-state index contributed by atoms with van der Waals surface area (Å²) in [6.45, 7) is 3.87. The summed E-state index contributed by atoms with van der Waals surface area (Å²) in [4.78, 5) is 8.75. The molecule has 4 heteroatoms. The van der Waals surface area contributed by atoms with Gasteiger partial charge in [0.2, 0.25) is 0 Å². The van der Waals surface area contributed by atoms with Gasteiger partial charge in [0.15, 0.2) is 0 Å². The molecule has 1 aliphatic rings. The lowest BCUT2D eigenvalue weighted by molar-refractivity contribution is 0.133. The van der Waals surface area contributed by atoms with Crippen LogP contribution in [0.3, 0.4) is 0 Å². The van der Waals surface area contributed by atoms with Crippen LogP contribution >= 0.6 is 0 Å². The van der Waals surface area contributed by atoms with Crippen LogP contribution in [0.15, 0.2) is 0 Å². The lowest BCUT2D eigenvalue weighted by atomic mass is 10.2. The number of aromatic nitrogens is 2. The first kappa shape index (κ1) is 8.59. The monoisotopic (exact) mass is 179 g/mol. The number of nitrogens with two attached hydrogens (primary N) is 1. The Balaban J connectivity index is 2.37. The minimum atomic E-state index is 0.596. The van der Waals surface area contributed by atoms with E-state index in [1.54, 1.807) is 0 Å². The molecule has 0 aliphatic carbocycles. The number of nitrogens with zero attached hydrogens (tertiary/aromatic N) is 2. The Morgan fingerprint density at radius 1 is 1.38 bits per heavy atom. The minimum Gasteiger partial charge on any atom is -0.370 e. The zero-order valence-corrected chi connectivity index (χ0v) is 7.71. The van der Waals surface area contributed by atoms with Gasteiger partial charge < -0.3 is 10.5 Å². The Labute approximate surface area is 77.1 Å². The number of aryl methyl sites for hydroxylation is 1. The van der Waals surface area contributed by atoms with Gasteiger partial charge in [-0.2, -0.15) is 0 Å². The first-order valence-corrected chi connectivity index (χ1v) is 4.44. The van der Waals surface area contributed by atoms with Crippen LogP contribution in [0.5, 0.6) is 0 Å². The average molecular weight is 179 g/mol. The molecule has 1 aromatic heterocycles. The van der Waals surface area contributed by atoms with Crippen LogP contribution in [0.25, 0.3) is 0 Å². The van der Waals surface area contributed by atoms with E-state index < -0.39 is 0 Å². The molecule has 0 radical (unpaired) electrons. The van der Waals surface area contributed by atoms with Crippen LogP contribution in [0.4, 0.5) is 0 Å². The molecular formula is C9H13N3O. The molecule has 0 unspecified atom stereocenters. The number of hydrogen-bond donors (Lipinski definition) is 1. The van der Waals surface area contributed by atoms with Gasteiger partial charge in [-0.25, -0.2) is 9.97 Å². The second kappa shape index (κ2) is 3.40. The zero-order chi connectivity index (χ0) is 9.26. The number of hydrogen-bond acceptors (Lipinski definition) is 4. The SMILES string of the molecule is Cc1nc(CCN)nc2c1COC2. The summed E-state index contributed by atoms with van der Waals surface area (Å²) in [7, 11) is 0. The predicted octanol–water partition coefficient (Wildman–Crippen LogP) is 0.316. The second-order valence-corrected chi connectivity index (χ2v) is 3.18. The third kappa shape index (κ3) is 1.55. The van der Waals surface area contributed by atoms with E-state index in [9.17, 15) is 0 Å². The maximum Gasteiger partial charge on any atom is 0.130 e. The molecule has 0 bridgehead atoms. The highest BCUT2D eigenvalue weighted by Crippen LogP contribution is 2.19.